The molecule has 0 atom stereocenters. The molecule has 4 nitrogen and oxygen atoms in total. The fourth-order valence-corrected chi connectivity index (χ4v) is 9.41. The molecule has 4 aliphatic heterocycles. The van der Waals surface area contributed by atoms with Gasteiger partial charge in [0.1, 0.15) is 49.5 Å². The summed E-state index contributed by atoms with van der Waals surface area (Å²) in [5.41, 5.74) is 0. The van der Waals surface area contributed by atoms with Crippen molar-refractivity contribution in [3.05, 3.63) is 51.1 Å². The van der Waals surface area contributed by atoms with E-state index in [1.807, 2.05) is 47.0 Å². The molecule has 0 bridgehead atoms. The van der Waals surface area contributed by atoms with Crippen molar-refractivity contribution < 1.29 is 18.9 Å². The van der Waals surface area contributed by atoms with Gasteiger partial charge in [0.05, 0.1) is 8.47 Å². The molecular formula is C19H20O4S4. The molecule has 0 N–H and O–H groups in total. The van der Waals surface area contributed by atoms with Gasteiger partial charge in [0, 0.05) is 45.3 Å². The topological polar surface area (TPSA) is 36.9 Å². The van der Waals surface area contributed by atoms with Crippen LogP contribution >= 0.6 is 47.0 Å². The number of ether oxygens (including phenoxy) is 4. The maximum absolute atomic E-state index is 5.81. The summed E-state index contributed by atoms with van der Waals surface area (Å²) >= 11 is 7.71. The van der Waals surface area contributed by atoms with Gasteiger partial charge in [0.15, 0.2) is 0 Å². The SMILES string of the molecule is C.C1COC2=C(CC3=C(C2)SC(=C2SC4=C(CC5=C(C4)OCCO5)S2)S3)O1. The third kappa shape index (κ3) is 3.22. The molecule has 0 aromatic carbocycles. The van der Waals surface area contributed by atoms with Gasteiger partial charge < -0.3 is 18.9 Å². The van der Waals surface area contributed by atoms with Crippen LogP contribution in [-0.2, 0) is 18.9 Å². The van der Waals surface area contributed by atoms with Crippen molar-refractivity contribution in [2.24, 2.45) is 0 Å². The minimum absolute atomic E-state index is 0. The summed E-state index contributed by atoms with van der Waals surface area (Å²) in [4.78, 5) is 5.77. The molecule has 8 heteroatoms. The monoisotopic (exact) mass is 440 g/mol. The molecule has 0 radical (unpaired) electrons. The lowest BCUT2D eigenvalue weighted by molar-refractivity contribution is 0.0557. The second-order valence-electron chi connectivity index (χ2n) is 6.47. The average Bonchev–Trinajstić information content (AvgIpc) is 3.27. The molecule has 0 aromatic heterocycles. The van der Waals surface area contributed by atoms with Crippen molar-refractivity contribution in [3.63, 3.8) is 0 Å². The van der Waals surface area contributed by atoms with E-state index < -0.39 is 0 Å². The molecule has 0 saturated carbocycles. The molecular weight excluding hydrogens is 420 g/mol. The molecule has 6 rings (SSSR count). The van der Waals surface area contributed by atoms with Gasteiger partial charge in [0.25, 0.3) is 0 Å². The number of thioether (sulfide) groups is 4. The summed E-state index contributed by atoms with van der Waals surface area (Å²) in [7, 11) is 0. The minimum atomic E-state index is 0. The highest BCUT2D eigenvalue weighted by atomic mass is 32.2. The number of rotatable bonds is 0. The molecule has 0 aromatic rings. The predicted molar refractivity (Wildman–Crippen MR) is 115 cm³/mol. The maximum Gasteiger partial charge on any atom is 0.139 e. The Morgan fingerprint density at radius 2 is 0.704 bits per heavy atom. The molecule has 4 heterocycles. The number of allylic oxidation sites excluding steroid dienone is 4. The molecule has 2 aliphatic carbocycles. The lowest BCUT2D eigenvalue weighted by Crippen LogP contribution is -2.16. The first-order valence-electron chi connectivity index (χ1n) is 8.68. The quantitative estimate of drug-likeness (QED) is 0.438. The zero-order valence-electron chi connectivity index (χ0n) is 13.9. The van der Waals surface area contributed by atoms with Crippen LogP contribution < -0.4 is 0 Å². The lowest BCUT2D eigenvalue weighted by atomic mass is 10.1. The Bertz CT molecular complexity index is 731. The normalized spacial score (nSPS) is 26.4. The van der Waals surface area contributed by atoms with Gasteiger partial charge in [-0.2, -0.15) is 0 Å². The van der Waals surface area contributed by atoms with Crippen LogP contribution in [0.2, 0.25) is 0 Å². The van der Waals surface area contributed by atoms with Crippen LogP contribution in [-0.4, -0.2) is 26.4 Å². The van der Waals surface area contributed by atoms with Crippen LogP contribution in [0.1, 0.15) is 33.1 Å². The van der Waals surface area contributed by atoms with Gasteiger partial charge in [-0.15, -0.1) is 0 Å². The number of hydrogen-bond donors (Lipinski definition) is 0. The van der Waals surface area contributed by atoms with Gasteiger partial charge in [-0.3, -0.25) is 0 Å². The Balaban J connectivity index is 0.00000160. The molecule has 0 fully saturated rings. The van der Waals surface area contributed by atoms with Gasteiger partial charge >= 0.3 is 0 Å². The highest BCUT2D eigenvalue weighted by Gasteiger charge is 2.37. The Hall–Kier alpha value is -0.700. The molecule has 0 spiro atoms. The molecule has 0 saturated heterocycles. The van der Waals surface area contributed by atoms with Crippen LogP contribution in [0.4, 0.5) is 0 Å². The maximum atomic E-state index is 5.81. The van der Waals surface area contributed by atoms with E-state index in [1.165, 1.54) is 28.1 Å². The zero-order valence-corrected chi connectivity index (χ0v) is 17.2. The van der Waals surface area contributed by atoms with E-state index in [2.05, 4.69) is 0 Å². The second kappa shape index (κ2) is 7.28. The highest BCUT2D eigenvalue weighted by Crippen LogP contribution is 2.64. The predicted octanol–water partition coefficient (Wildman–Crippen LogP) is 6.24. The van der Waals surface area contributed by atoms with Crippen molar-refractivity contribution in [2.75, 3.05) is 26.4 Å². The summed E-state index contributed by atoms with van der Waals surface area (Å²) < 4.78 is 26.1. The van der Waals surface area contributed by atoms with Crippen molar-refractivity contribution in [1.82, 2.24) is 0 Å². The van der Waals surface area contributed by atoms with Crippen LogP contribution in [0.3, 0.4) is 0 Å². The van der Waals surface area contributed by atoms with Gasteiger partial charge in [-0.1, -0.05) is 54.5 Å². The fourth-order valence-electron chi connectivity index (χ4n) is 3.59. The first-order valence-corrected chi connectivity index (χ1v) is 11.9. The smallest absolute Gasteiger partial charge is 0.139 e. The van der Waals surface area contributed by atoms with E-state index in [0.717, 1.165) is 48.7 Å². The Labute approximate surface area is 176 Å². The van der Waals surface area contributed by atoms with Crippen molar-refractivity contribution in [3.8, 4) is 0 Å². The first kappa shape index (κ1) is 18.3. The standard InChI is InChI=1S/C18H16O4S4.CH4/c1-2-20-10-6-14-13(5-9(10)19-1)23-17(24-14)18-25-15-7-11-12(8-16(15)26-18)22-4-3-21-11;/h1-8H2;1H4. The van der Waals surface area contributed by atoms with E-state index in [9.17, 15) is 0 Å². The third-order valence-corrected chi connectivity index (χ3v) is 10.7. The summed E-state index contributed by atoms with van der Waals surface area (Å²) in [5.74, 6) is 4.18. The third-order valence-electron chi connectivity index (χ3n) is 4.83. The average molecular weight is 441 g/mol. The second-order valence-corrected chi connectivity index (χ2v) is 11.4. The molecule has 6 aliphatic rings. The largest absolute Gasteiger partial charge is 0.490 e. The van der Waals surface area contributed by atoms with Gasteiger partial charge in [0.2, 0.25) is 0 Å². The first-order chi connectivity index (χ1) is 12.8. The van der Waals surface area contributed by atoms with E-state index >= 15 is 0 Å². The Kier molecular flexibility index (Phi) is 4.94. The van der Waals surface area contributed by atoms with E-state index in [4.69, 9.17) is 18.9 Å². The molecule has 144 valence electrons. The van der Waals surface area contributed by atoms with Gasteiger partial charge in [-0.25, -0.2) is 0 Å². The fraction of sp³-hybridized carbons (Fsp3) is 0.474. The summed E-state index contributed by atoms with van der Waals surface area (Å²) in [6.45, 7) is 2.71. The van der Waals surface area contributed by atoms with E-state index in [-0.39, 0.29) is 7.43 Å². The minimum Gasteiger partial charge on any atom is -0.490 e. The van der Waals surface area contributed by atoms with Crippen molar-refractivity contribution >= 4 is 47.0 Å². The molecule has 0 amide bonds. The van der Waals surface area contributed by atoms with Crippen LogP contribution in [0.15, 0.2) is 51.1 Å². The van der Waals surface area contributed by atoms with Gasteiger partial charge in [-0.05, 0) is 0 Å². The summed E-state index contributed by atoms with van der Waals surface area (Å²) in [6.07, 6.45) is 3.55. The number of hydrogen-bond acceptors (Lipinski definition) is 8. The Morgan fingerprint density at radius 1 is 0.444 bits per heavy atom. The zero-order chi connectivity index (χ0) is 17.1. The van der Waals surface area contributed by atoms with Crippen LogP contribution in [0, 0.1) is 0 Å². The van der Waals surface area contributed by atoms with Crippen LogP contribution in [0.5, 0.6) is 0 Å². The van der Waals surface area contributed by atoms with E-state index in [1.54, 1.807) is 0 Å². The Morgan fingerprint density at radius 3 is 0.963 bits per heavy atom. The summed E-state index contributed by atoms with van der Waals surface area (Å²) in [5, 5.41) is 0. The highest BCUT2D eigenvalue weighted by molar-refractivity contribution is 8.34. The summed E-state index contributed by atoms with van der Waals surface area (Å²) in [6, 6.07) is 0. The molecule has 0 unspecified atom stereocenters. The molecule has 27 heavy (non-hydrogen) atoms. The van der Waals surface area contributed by atoms with E-state index in [0.29, 0.717) is 26.4 Å². The van der Waals surface area contributed by atoms with Crippen molar-refractivity contribution in [1.29, 1.82) is 0 Å². The lowest BCUT2D eigenvalue weighted by Gasteiger charge is -2.25. The van der Waals surface area contributed by atoms with Crippen LogP contribution in [0.25, 0.3) is 0 Å². The van der Waals surface area contributed by atoms with Crippen molar-refractivity contribution in [2.45, 2.75) is 33.1 Å².